The highest BCUT2D eigenvalue weighted by atomic mass is 79.9. The van der Waals surface area contributed by atoms with E-state index in [2.05, 4.69) is 51.7 Å². The van der Waals surface area contributed by atoms with E-state index in [0.717, 1.165) is 9.77 Å². The first-order chi connectivity index (χ1) is 13.4. The quantitative estimate of drug-likeness (QED) is 0.299. The molecule has 0 aliphatic heterocycles. The van der Waals surface area contributed by atoms with E-state index in [-0.39, 0.29) is 0 Å². The summed E-state index contributed by atoms with van der Waals surface area (Å²) in [5.74, 6) is 5.85. The summed E-state index contributed by atoms with van der Waals surface area (Å²) >= 11 is 6.58. The Morgan fingerprint density at radius 3 is 2.64 bits per heavy atom. The predicted octanol–water partition coefficient (Wildman–Crippen LogP) is 5.09. The molecule has 3 aromatic rings. The standard InChI is InChI=1S/C20H18BrN3O2S2/c1-12(2)27-19-15(11-10-14-8-6-5-7-9-14)22-20(28-19)24-17(18(25)26-4)16(21)13(3)23-24/h5-9,12H,1-4H3. The highest BCUT2D eigenvalue weighted by Crippen LogP contribution is 2.35. The summed E-state index contributed by atoms with van der Waals surface area (Å²) in [6, 6.07) is 9.77. The third kappa shape index (κ3) is 4.49. The molecule has 0 radical (unpaired) electrons. The van der Waals surface area contributed by atoms with Gasteiger partial charge in [-0.15, -0.1) is 11.8 Å². The lowest BCUT2D eigenvalue weighted by molar-refractivity contribution is 0.0589. The Morgan fingerprint density at radius 2 is 2.00 bits per heavy atom. The topological polar surface area (TPSA) is 57.0 Å². The van der Waals surface area contributed by atoms with Gasteiger partial charge in [-0.25, -0.2) is 9.78 Å². The van der Waals surface area contributed by atoms with Crippen molar-refractivity contribution in [2.45, 2.75) is 30.2 Å². The molecule has 0 atom stereocenters. The van der Waals surface area contributed by atoms with Crippen LogP contribution in [0.1, 0.15) is 41.3 Å². The number of halogens is 1. The molecule has 0 saturated heterocycles. The van der Waals surface area contributed by atoms with Gasteiger partial charge in [-0.1, -0.05) is 49.3 Å². The number of aryl methyl sites for hydroxylation is 1. The van der Waals surface area contributed by atoms with Gasteiger partial charge < -0.3 is 4.74 Å². The molecule has 0 spiro atoms. The van der Waals surface area contributed by atoms with E-state index >= 15 is 0 Å². The van der Waals surface area contributed by atoms with E-state index < -0.39 is 5.97 Å². The van der Waals surface area contributed by atoms with Crippen molar-refractivity contribution in [2.24, 2.45) is 0 Å². The number of rotatable bonds is 4. The van der Waals surface area contributed by atoms with Crippen LogP contribution in [0.25, 0.3) is 5.13 Å². The van der Waals surface area contributed by atoms with Crippen molar-refractivity contribution in [2.75, 3.05) is 7.11 Å². The number of aromatic nitrogens is 3. The number of thioether (sulfide) groups is 1. The first-order valence-corrected chi connectivity index (χ1v) is 11.0. The number of esters is 1. The number of thiazole rings is 1. The van der Waals surface area contributed by atoms with E-state index in [0.29, 0.717) is 31.9 Å². The van der Waals surface area contributed by atoms with Crippen LogP contribution in [-0.4, -0.2) is 33.1 Å². The molecule has 0 aliphatic carbocycles. The summed E-state index contributed by atoms with van der Waals surface area (Å²) in [5, 5.41) is 5.41. The molecule has 2 heterocycles. The van der Waals surface area contributed by atoms with Crippen molar-refractivity contribution in [1.82, 2.24) is 14.8 Å². The first-order valence-electron chi connectivity index (χ1n) is 8.49. The van der Waals surface area contributed by atoms with Crippen molar-refractivity contribution < 1.29 is 9.53 Å². The lowest BCUT2D eigenvalue weighted by Crippen LogP contribution is -2.10. The van der Waals surface area contributed by atoms with Crippen LogP contribution in [0, 0.1) is 18.8 Å². The second-order valence-electron chi connectivity index (χ2n) is 6.07. The third-order valence-electron chi connectivity index (χ3n) is 3.57. The Kier molecular flexibility index (Phi) is 6.60. The highest BCUT2D eigenvalue weighted by molar-refractivity contribution is 9.10. The van der Waals surface area contributed by atoms with Crippen molar-refractivity contribution in [3.05, 3.63) is 57.4 Å². The molecule has 0 fully saturated rings. The molecule has 0 aliphatic rings. The fraction of sp³-hybridized carbons (Fsp3) is 0.250. The van der Waals surface area contributed by atoms with Crippen LogP contribution in [0.3, 0.4) is 0 Å². The van der Waals surface area contributed by atoms with Crippen LogP contribution in [0.4, 0.5) is 0 Å². The van der Waals surface area contributed by atoms with Gasteiger partial charge in [0.25, 0.3) is 0 Å². The number of carbonyl (C=O) groups is 1. The number of methoxy groups -OCH3 is 1. The summed E-state index contributed by atoms with van der Waals surface area (Å²) in [7, 11) is 1.35. The zero-order chi connectivity index (χ0) is 20.3. The van der Waals surface area contributed by atoms with E-state index in [1.165, 1.54) is 23.1 Å². The maximum atomic E-state index is 12.3. The summed E-state index contributed by atoms with van der Waals surface area (Å²) in [6.07, 6.45) is 0. The molecule has 0 bridgehead atoms. The number of nitrogens with zero attached hydrogens (tertiary/aromatic N) is 3. The van der Waals surface area contributed by atoms with Gasteiger partial charge in [0.05, 0.1) is 21.5 Å². The van der Waals surface area contributed by atoms with E-state index in [9.17, 15) is 4.79 Å². The van der Waals surface area contributed by atoms with Crippen molar-refractivity contribution >= 4 is 45.0 Å². The number of ether oxygens (including phenoxy) is 1. The van der Waals surface area contributed by atoms with Crippen LogP contribution >= 0.6 is 39.0 Å². The first kappa shape index (κ1) is 20.6. The van der Waals surface area contributed by atoms with Crippen LogP contribution in [-0.2, 0) is 4.74 Å². The summed E-state index contributed by atoms with van der Waals surface area (Å²) in [6.45, 7) is 6.06. The van der Waals surface area contributed by atoms with Gasteiger partial charge in [0.1, 0.15) is 5.69 Å². The van der Waals surface area contributed by atoms with Crippen molar-refractivity contribution in [3.8, 4) is 17.0 Å². The summed E-state index contributed by atoms with van der Waals surface area (Å²) < 4.78 is 8.03. The van der Waals surface area contributed by atoms with Gasteiger partial charge in [0.15, 0.2) is 5.69 Å². The van der Waals surface area contributed by atoms with E-state index in [4.69, 9.17) is 4.74 Å². The molecule has 1 aromatic carbocycles. The fourth-order valence-electron chi connectivity index (χ4n) is 2.33. The summed E-state index contributed by atoms with van der Waals surface area (Å²) in [5.41, 5.74) is 2.61. The minimum Gasteiger partial charge on any atom is -0.464 e. The van der Waals surface area contributed by atoms with E-state index in [1.807, 2.05) is 37.3 Å². The molecule has 144 valence electrons. The molecule has 5 nitrogen and oxygen atoms in total. The number of hydrogen-bond acceptors (Lipinski definition) is 6. The average molecular weight is 476 g/mol. The zero-order valence-electron chi connectivity index (χ0n) is 15.8. The molecular formula is C20H18BrN3O2S2. The van der Waals surface area contributed by atoms with Gasteiger partial charge in [0.2, 0.25) is 5.13 Å². The van der Waals surface area contributed by atoms with Gasteiger partial charge in [-0.05, 0) is 40.9 Å². The lowest BCUT2D eigenvalue weighted by Gasteiger charge is -2.02. The number of benzene rings is 1. The summed E-state index contributed by atoms with van der Waals surface area (Å²) in [4.78, 5) is 16.9. The largest absolute Gasteiger partial charge is 0.464 e. The number of carbonyl (C=O) groups excluding carboxylic acids is 1. The molecule has 3 rings (SSSR count). The molecule has 0 saturated carbocycles. The highest BCUT2D eigenvalue weighted by Gasteiger charge is 2.25. The van der Waals surface area contributed by atoms with Crippen LogP contribution < -0.4 is 0 Å². The predicted molar refractivity (Wildman–Crippen MR) is 116 cm³/mol. The molecule has 0 amide bonds. The normalized spacial score (nSPS) is 10.6. The second-order valence-corrected chi connectivity index (χ2v) is 9.68. The molecule has 0 unspecified atom stereocenters. The molecule has 28 heavy (non-hydrogen) atoms. The smallest absolute Gasteiger partial charge is 0.358 e. The Labute approximate surface area is 180 Å². The molecular weight excluding hydrogens is 458 g/mol. The number of hydrogen-bond donors (Lipinski definition) is 0. The zero-order valence-corrected chi connectivity index (χ0v) is 19.0. The molecule has 0 N–H and O–H groups in total. The van der Waals surface area contributed by atoms with Gasteiger partial charge >= 0.3 is 5.97 Å². The minimum atomic E-state index is -0.474. The maximum absolute atomic E-state index is 12.3. The Bertz CT molecular complexity index is 1060. The Morgan fingerprint density at radius 1 is 1.29 bits per heavy atom. The Hall–Kier alpha value is -2.08. The van der Waals surface area contributed by atoms with Gasteiger partial charge in [0, 0.05) is 10.8 Å². The minimum absolute atomic E-state index is 0.317. The van der Waals surface area contributed by atoms with Crippen LogP contribution in [0.5, 0.6) is 0 Å². The van der Waals surface area contributed by atoms with Crippen molar-refractivity contribution in [1.29, 1.82) is 0 Å². The van der Waals surface area contributed by atoms with Crippen LogP contribution in [0.2, 0.25) is 0 Å². The fourth-order valence-corrected chi connectivity index (χ4v) is 5.08. The molecule has 8 heteroatoms. The average Bonchev–Trinajstić information content (AvgIpc) is 3.20. The lowest BCUT2D eigenvalue weighted by atomic mass is 10.2. The van der Waals surface area contributed by atoms with Crippen LogP contribution in [0.15, 0.2) is 39.0 Å². The second kappa shape index (κ2) is 8.95. The third-order valence-corrected chi connectivity index (χ3v) is 6.77. The SMILES string of the molecule is COC(=O)c1c(Br)c(C)nn1-c1nc(C#Cc2ccccc2)c(SC(C)C)s1. The Balaban J connectivity index is 2.10. The molecule has 2 aromatic heterocycles. The van der Waals surface area contributed by atoms with Crippen molar-refractivity contribution in [3.63, 3.8) is 0 Å². The monoisotopic (exact) mass is 475 g/mol. The van der Waals surface area contributed by atoms with E-state index in [1.54, 1.807) is 11.8 Å². The van der Waals surface area contributed by atoms with Gasteiger partial charge in [-0.2, -0.15) is 9.78 Å². The van der Waals surface area contributed by atoms with Gasteiger partial charge in [-0.3, -0.25) is 0 Å². The maximum Gasteiger partial charge on any atom is 0.358 e.